The number of hydrogen-bond donors (Lipinski definition) is 2. The summed E-state index contributed by atoms with van der Waals surface area (Å²) >= 11 is 6.40. The first-order valence-corrected chi connectivity index (χ1v) is 21.0. The van der Waals surface area contributed by atoms with E-state index < -0.39 is 11.4 Å². The molecule has 10 atom stereocenters. The minimum atomic E-state index is -0.887. The number of hydrogen-bond acceptors (Lipinski definition) is 4. The van der Waals surface area contributed by atoms with Crippen LogP contribution in [0.2, 0.25) is 5.02 Å². The Balaban J connectivity index is 1.21. The lowest BCUT2D eigenvalue weighted by molar-refractivity contribution is -0.250. The van der Waals surface area contributed by atoms with Crippen molar-refractivity contribution in [3.8, 4) is 0 Å². The Kier molecular flexibility index (Phi) is 10.6. The van der Waals surface area contributed by atoms with Crippen LogP contribution in [-0.4, -0.2) is 29.1 Å². The summed E-state index contributed by atoms with van der Waals surface area (Å²) in [5, 5.41) is 13.4. The van der Waals surface area contributed by atoms with Crippen molar-refractivity contribution in [2.75, 3.05) is 0 Å². The van der Waals surface area contributed by atoms with Gasteiger partial charge in [0, 0.05) is 23.4 Å². The highest BCUT2D eigenvalue weighted by Crippen LogP contribution is 2.78. The van der Waals surface area contributed by atoms with Crippen molar-refractivity contribution in [1.82, 2.24) is 5.32 Å². The Morgan fingerprint density at radius 2 is 1.64 bits per heavy atom. The van der Waals surface area contributed by atoms with Gasteiger partial charge in [-0.2, -0.15) is 0 Å². The minimum absolute atomic E-state index is 0.00998. The molecule has 2 N–H and O–H groups in total. The van der Waals surface area contributed by atoms with E-state index in [9.17, 15) is 19.5 Å². The second-order valence-electron chi connectivity index (χ2n) is 20.8. The molecule has 7 heteroatoms. The number of rotatable bonds is 10. The summed E-state index contributed by atoms with van der Waals surface area (Å²) in [5.74, 6) is 1.52. The average Bonchev–Trinajstić information content (AvgIpc) is 3.42. The maximum absolute atomic E-state index is 13.8. The van der Waals surface area contributed by atoms with Crippen molar-refractivity contribution in [2.45, 2.75) is 158 Å². The van der Waals surface area contributed by atoms with Crippen LogP contribution in [0.1, 0.15) is 150 Å². The summed E-state index contributed by atoms with van der Waals surface area (Å²) in [6.45, 7) is 25.5. The zero-order valence-electron chi connectivity index (χ0n) is 34.3. The molecule has 0 bridgehead atoms. The van der Waals surface area contributed by atoms with Crippen LogP contribution in [-0.2, 0) is 25.7 Å². The van der Waals surface area contributed by atoms with Gasteiger partial charge in [0.2, 0.25) is 5.91 Å². The van der Waals surface area contributed by atoms with Crippen molar-refractivity contribution in [3.63, 3.8) is 0 Å². The smallest absolute Gasteiger partial charge is 0.306 e. The lowest BCUT2D eigenvalue weighted by Crippen LogP contribution is -2.67. The molecule has 5 fully saturated rings. The maximum atomic E-state index is 13.8. The lowest BCUT2D eigenvalue weighted by atomic mass is 9.32. The first-order chi connectivity index (χ1) is 24.6. The number of esters is 1. The van der Waals surface area contributed by atoms with Gasteiger partial charge in [0.15, 0.2) is 0 Å². The molecule has 294 valence electrons. The van der Waals surface area contributed by atoms with Gasteiger partial charge in [0.1, 0.15) is 6.10 Å². The molecule has 0 heterocycles. The van der Waals surface area contributed by atoms with Gasteiger partial charge in [0.05, 0.1) is 12.8 Å². The molecule has 1 aromatic rings. The molecule has 0 aromatic heterocycles. The Hall–Kier alpha value is -2.34. The van der Waals surface area contributed by atoms with Gasteiger partial charge >= 0.3 is 11.9 Å². The first-order valence-electron chi connectivity index (χ1n) is 20.7. The molecule has 5 saturated carbocycles. The Morgan fingerprint density at radius 3 is 2.30 bits per heavy atom. The molecule has 1 aromatic carbocycles. The first kappa shape index (κ1) is 40.3. The number of benzene rings is 1. The summed E-state index contributed by atoms with van der Waals surface area (Å²) in [4.78, 5) is 38.5. The van der Waals surface area contributed by atoms with E-state index in [1.807, 2.05) is 32.9 Å². The van der Waals surface area contributed by atoms with Crippen LogP contribution in [0.3, 0.4) is 0 Å². The molecule has 0 radical (unpaired) electrons. The predicted octanol–water partition coefficient (Wildman–Crippen LogP) is 11.1. The average molecular weight is 751 g/mol. The van der Waals surface area contributed by atoms with Crippen molar-refractivity contribution < 1.29 is 24.2 Å². The third-order valence-corrected chi connectivity index (χ3v) is 17.4. The van der Waals surface area contributed by atoms with Gasteiger partial charge < -0.3 is 15.2 Å². The fraction of sp³-hybridized carbons (Fsp3) is 0.761. The van der Waals surface area contributed by atoms with E-state index in [4.69, 9.17) is 16.3 Å². The van der Waals surface area contributed by atoms with E-state index in [0.717, 1.165) is 54.7 Å². The van der Waals surface area contributed by atoms with E-state index in [1.54, 1.807) is 0 Å². The molecule has 6 nitrogen and oxygen atoms in total. The summed E-state index contributed by atoms with van der Waals surface area (Å²) in [7, 11) is 0. The Bertz CT molecular complexity index is 1630. The number of allylic oxidation sites excluding steroid dienone is 1. The van der Waals surface area contributed by atoms with E-state index in [-0.39, 0.29) is 57.9 Å². The normalized spacial score (nSPS) is 38.8. The van der Waals surface area contributed by atoms with Crippen molar-refractivity contribution in [3.05, 3.63) is 46.5 Å². The van der Waals surface area contributed by atoms with Gasteiger partial charge in [-0.25, -0.2) is 0 Å². The van der Waals surface area contributed by atoms with E-state index in [1.165, 1.54) is 31.3 Å². The van der Waals surface area contributed by atoms with Crippen molar-refractivity contribution in [1.29, 1.82) is 0 Å². The summed E-state index contributed by atoms with van der Waals surface area (Å²) < 4.78 is 6.28. The third-order valence-electron chi connectivity index (χ3n) is 16.9. The molecule has 1 amide bonds. The highest BCUT2D eigenvalue weighted by atomic mass is 35.5. The number of amides is 1. The van der Waals surface area contributed by atoms with Gasteiger partial charge in [-0.3, -0.25) is 14.4 Å². The molecule has 5 aliphatic rings. The van der Waals surface area contributed by atoms with Crippen LogP contribution in [0.4, 0.5) is 0 Å². The fourth-order valence-electron chi connectivity index (χ4n) is 14.2. The van der Waals surface area contributed by atoms with Crippen molar-refractivity contribution in [2.24, 2.45) is 62.1 Å². The highest BCUT2D eigenvalue weighted by Gasteiger charge is 2.71. The summed E-state index contributed by atoms with van der Waals surface area (Å²) in [6, 6.07) is 6.05. The fourth-order valence-corrected chi connectivity index (χ4v) is 14.4. The second kappa shape index (κ2) is 14.0. The molecule has 6 rings (SSSR count). The quantitative estimate of drug-likeness (QED) is 0.183. The molecular weight excluding hydrogens is 682 g/mol. The molecular formula is C46H68ClNO5. The van der Waals surface area contributed by atoms with Crippen LogP contribution < -0.4 is 5.32 Å². The van der Waals surface area contributed by atoms with Gasteiger partial charge in [-0.05, 0) is 152 Å². The predicted molar refractivity (Wildman–Crippen MR) is 212 cm³/mol. The lowest BCUT2D eigenvalue weighted by Gasteiger charge is -2.73. The molecule has 5 aliphatic carbocycles. The molecule has 53 heavy (non-hydrogen) atoms. The molecule has 0 spiro atoms. The largest absolute Gasteiger partial charge is 0.481 e. The zero-order chi connectivity index (χ0) is 38.9. The highest BCUT2D eigenvalue weighted by molar-refractivity contribution is 6.31. The summed E-state index contributed by atoms with van der Waals surface area (Å²) in [5.41, 5.74) is 3.07. The number of carbonyl (C=O) groups is 3. The van der Waals surface area contributed by atoms with Crippen LogP contribution in [0.25, 0.3) is 0 Å². The molecule has 0 aliphatic heterocycles. The number of carboxylic acids is 1. The van der Waals surface area contributed by atoms with Gasteiger partial charge in [-0.1, -0.05) is 84.4 Å². The van der Waals surface area contributed by atoms with Crippen LogP contribution in [0, 0.1) is 69.0 Å². The number of aliphatic carboxylic acids is 1. The molecule has 0 saturated heterocycles. The standard InChI is InChI=1S/C46H68ClNO5/c1-28(2)31-15-20-46(24-37(49)48-27-30-12-11-29(3)33(47)23-30)22-21-44(9)32(40(31)46)13-14-35-43(8)18-17-36(42(6,7)34(43)16-19-45(35,44)10)53-39(52)26-41(4,5)25-38(50)51/h11-12,23,31-32,34-36,40H,1,13-22,24-27H2,2-10H3,(H,48,49)(H,50,51)/t31-,32+,34-,35+,36-,40+,43-,44+,45+,46+/m0/s1. The Morgan fingerprint density at radius 1 is 0.925 bits per heavy atom. The van der Waals surface area contributed by atoms with E-state index >= 15 is 0 Å². The Labute approximate surface area is 325 Å². The minimum Gasteiger partial charge on any atom is -0.481 e. The number of aryl methyl sites for hydroxylation is 1. The number of fused-ring (bicyclic) bond motifs is 7. The second-order valence-corrected chi connectivity index (χ2v) is 21.2. The third kappa shape index (κ3) is 6.92. The van der Waals surface area contributed by atoms with Crippen LogP contribution >= 0.6 is 11.6 Å². The van der Waals surface area contributed by atoms with Crippen LogP contribution in [0.15, 0.2) is 30.4 Å². The summed E-state index contributed by atoms with van der Waals surface area (Å²) in [6.07, 6.45) is 11.6. The van der Waals surface area contributed by atoms with Gasteiger partial charge in [0.25, 0.3) is 0 Å². The SMILES string of the molecule is C=C(C)[C@@H]1CC[C@]2(CC(=O)NCc3ccc(C)c(Cl)c3)CC[C@]3(C)[C@H](CC[C@@H]4[C@@]5(C)CC[C@H](OC(=O)CC(C)(C)CC(=O)O)C(C)(C)[C@@H]5CC[C@]43C)[C@@H]12. The van der Waals surface area contributed by atoms with E-state index in [0.29, 0.717) is 42.6 Å². The van der Waals surface area contributed by atoms with Gasteiger partial charge in [-0.15, -0.1) is 0 Å². The van der Waals surface area contributed by atoms with Crippen molar-refractivity contribution >= 4 is 29.4 Å². The zero-order valence-corrected chi connectivity index (χ0v) is 35.0. The van der Waals surface area contributed by atoms with E-state index in [2.05, 4.69) is 59.5 Å². The topological polar surface area (TPSA) is 92.7 Å². The number of nitrogens with one attached hydrogen (secondary N) is 1. The number of carbonyl (C=O) groups excluding carboxylic acids is 2. The number of ether oxygens (including phenoxy) is 1. The van der Waals surface area contributed by atoms with Crippen LogP contribution in [0.5, 0.6) is 0 Å². The number of halogens is 1. The maximum Gasteiger partial charge on any atom is 0.306 e. The molecule has 0 unspecified atom stereocenters. The number of carboxylic acid groups (broad SMARTS) is 1. The monoisotopic (exact) mass is 749 g/mol.